The van der Waals surface area contributed by atoms with Crippen molar-refractivity contribution in [2.75, 3.05) is 0 Å². The molecule has 3 unspecified atom stereocenters. The molecule has 0 aliphatic heterocycles. The molecule has 2 amide bonds. The van der Waals surface area contributed by atoms with Gasteiger partial charge in [-0.25, -0.2) is 9.59 Å². The van der Waals surface area contributed by atoms with Crippen molar-refractivity contribution >= 4 is 12.0 Å². The molecule has 0 fully saturated rings. The first-order chi connectivity index (χ1) is 7.79. The van der Waals surface area contributed by atoms with Crippen molar-refractivity contribution in [2.45, 2.75) is 53.1 Å². The number of aliphatic carboxylic acids is 1. The molecular formula is C12H24N2O3. The van der Waals surface area contributed by atoms with Crippen molar-refractivity contribution < 1.29 is 14.7 Å². The van der Waals surface area contributed by atoms with E-state index in [0.29, 0.717) is 5.92 Å². The molecule has 0 aliphatic carbocycles. The van der Waals surface area contributed by atoms with E-state index in [1.165, 1.54) is 0 Å². The summed E-state index contributed by atoms with van der Waals surface area (Å²) in [6.45, 7) is 9.53. The standard InChI is InChI=1S/C12H24N2O3/c1-6-8(4)9(5)13-12(17)14-10(7(2)3)11(15)16/h7-10H,6H2,1-5H3,(H,15,16)(H2,13,14,17). The Kier molecular flexibility index (Phi) is 6.61. The van der Waals surface area contributed by atoms with Gasteiger partial charge >= 0.3 is 12.0 Å². The minimum Gasteiger partial charge on any atom is -0.480 e. The van der Waals surface area contributed by atoms with Gasteiger partial charge in [0.25, 0.3) is 0 Å². The summed E-state index contributed by atoms with van der Waals surface area (Å²) >= 11 is 0. The first kappa shape index (κ1) is 15.7. The van der Waals surface area contributed by atoms with Gasteiger partial charge in [-0.2, -0.15) is 0 Å². The molecule has 0 saturated heterocycles. The summed E-state index contributed by atoms with van der Waals surface area (Å²) < 4.78 is 0. The highest BCUT2D eigenvalue weighted by atomic mass is 16.4. The molecule has 5 nitrogen and oxygen atoms in total. The van der Waals surface area contributed by atoms with E-state index >= 15 is 0 Å². The summed E-state index contributed by atoms with van der Waals surface area (Å²) in [6, 6.07) is -1.24. The van der Waals surface area contributed by atoms with Gasteiger partial charge in [-0.1, -0.05) is 34.1 Å². The third-order valence-electron chi connectivity index (χ3n) is 3.08. The predicted octanol–water partition coefficient (Wildman–Crippen LogP) is 1.83. The number of carbonyl (C=O) groups is 2. The maximum Gasteiger partial charge on any atom is 0.326 e. The van der Waals surface area contributed by atoms with Gasteiger partial charge in [0, 0.05) is 6.04 Å². The molecule has 0 aromatic heterocycles. The summed E-state index contributed by atoms with van der Waals surface area (Å²) in [4.78, 5) is 22.5. The minimum absolute atomic E-state index is 0.0293. The highest BCUT2D eigenvalue weighted by molar-refractivity contribution is 5.82. The maximum absolute atomic E-state index is 11.6. The van der Waals surface area contributed by atoms with Crippen molar-refractivity contribution in [2.24, 2.45) is 11.8 Å². The first-order valence-corrected chi connectivity index (χ1v) is 6.09. The number of carboxylic acid groups (broad SMARTS) is 1. The van der Waals surface area contributed by atoms with Gasteiger partial charge in [0.05, 0.1) is 0 Å². The average Bonchev–Trinajstić information content (AvgIpc) is 2.23. The average molecular weight is 244 g/mol. The van der Waals surface area contributed by atoms with Gasteiger partial charge in [0.1, 0.15) is 6.04 Å². The smallest absolute Gasteiger partial charge is 0.326 e. The zero-order valence-electron chi connectivity index (χ0n) is 11.3. The number of carbonyl (C=O) groups excluding carboxylic acids is 1. The number of amides is 2. The zero-order chi connectivity index (χ0) is 13.6. The van der Waals surface area contributed by atoms with Gasteiger partial charge in [-0.3, -0.25) is 0 Å². The van der Waals surface area contributed by atoms with Crippen molar-refractivity contribution in [3.05, 3.63) is 0 Å². The third kappa shape index (κ3) is 5.56. The minimum atomic E-state index is -1.01. The third-order valence-corrected chi connectivity index (χ3v) is 3.08. The van der Waals surface area contributed by atoms with Crippen LogP contribution in [0.15, 0.2) is 0 Å². The Labute approximate surface area is 103 Å². The van der Waals surface area contributed by atoms with Gasteiger partial charge in [0.15, 0.2) is 0 Å². The molecule has 0 aromatic carbocycles. The highest BCUT2D eigenvalue weighted by Gasteiger charge is 2.24. The molecule has 3 N–H and O–H groups in total. The van der Waals surface area contributed by atoms with Crippen molar-refractivity contribution in [3.8, 4) is 0 Å². The second-order valence-corrected chi connectivity index (χ2v) is 4.85. The molecule has 0 bridgehead atoms. The van der Waals surface area contributed by atoms with E-state index in [-0.39, 0.29) is 12.0 Å². The Morgan fingerprint density at radius 1 is 1.12 bits per heavy atom. The molecule has 17 heavy (non-hydrogen) atoms. The SMILES string of the molecule is CCC(C)C(C)NC(=O)NC(C(=O)O)C(C)C. The lowest BCUT2D eigenvalue weighted by Gasteiger charge is -2.23. The number of nitrogens with one attached hydrogen (secondary N) is 2. The Morgan fingerprint density at radius 2 is 1.65 bits per heavy atom. The quantitative estimate of drug-likeness (QED) is 0.667. The van der Waals surface area contributed by atoms with E-state index in [2.05, 4.69) is 17.6 Å². The number of rotatable bonds is 6. The molecule has 0 heterocycles. The van der Waals surface area contributed by atoms with Gasteiger partial charge in [-0.05, 0) is 18.8 Å². The Balaban J connectivity index is 4.29. The normalized spacial score (nSPS) is 16.1. The van der Waals surface area contributed by atoms with Crippen molar-refractivity contribution in [3.63, 3.8) is 0 Å². The molecule has 0 aliphatic rings. The molecule has 0 aromatic rings. The largest absolute Gasteiger partial charge is 0.480 e. The lowest BCUT2D eigenvalue weighted by molar-refractivity contribution is -0.140. The van der Waals surface area contributed by atoms with E-state index < -0.39 is 18.0 Å². The van der Waals surface area contributed by atoms with Crippen LogP contribution in [0.25, 0.3) is 0 Å². The summed E-state index contributed by atoms with van der Waals surface area (Å²) in [6.07, 6.45) is 0.966. The predicted molar refractivity (Wildman–Crippen MR) is 66.8 cm³/mol. The molecule has 100 valence electrons. The van der Waals surface area contributed by atoms with Crippen LogP contribution in [0.5, 0.6) is 0 Å². The fourth-order valence-electron chi connectivity index (χ4n) is 1.40. The van der Waals surface area contributed by atoms with Crippen LogP contribution < -0.4 is 10.6 Å². The Hall–Kier alpha value is -1.26. The van der Waals surface area contributed by atoms with Gasteiger partial charge in [0.2, 0.25) is 0 Å². The van der Waals surface area contributed by atoms with E-state index in [9.17, 15) is 9.59 Å². The first-order valence-electron chi connectivity index (χ1n) is 6.09. The molecule has 0 spiro atoms. The summed E-state index contributed by atoms with van der Waals surface area (Å²) in [5.41, 5.74) is 0. The van der Waals surface area contributed by atoms with Gasteiger partial charge in [-0.15, -0.1) is 0 Å². The van der Waals surface area contributed by atoms with Crippen molar-refractivity contribution in [1.29, 1.82) is 0 Å². The van der Waals surface area contributed by atoms with Crippen molar-refractivity contribution in [1.82, 2.24) is 10.6 Å². The second-order valence-electron chi connectivity index (χ2n) is 4.85. The topological polar surface area (TPSA) is 78.4 Å². The highest BCUT2D eigenvalue weighted by Crippen LogP contribution is 2.07. The van der Waals surface area contributed by atoms with Crippen LogP contribution >= 0.6 is 0 Å². The zero-order valence-corrected chi connectivity index (χ0v) is 11.3. The Bertz CT molecular complexity index is 266. The van der Waals surface area contributed by atoms with E-state index in [4.69, 9.17) is 5.11 Å². The number of carboxylic acids is 1. The van der Waals surface area contributed by atoms with Crippen LogP contribution in [0.3, 0.4) is 0 Å². The number of hydrogen-bond donors (Lipinski definition) is 3. The fourth-order valence-corrected chi connectivity index (χ4v) is 1.40. The van der Waals surface area contributed by atoms with Crippen LogP contribution in [-0.2, 0) is 4.79 Å². The van der Waals surface area contributed by atoms with E-state index in [1.807, 2.05) is 13.8 Å². The maximum atomic E-state index is 11.6. The fraction of sp³-hybridized carbons (Fsp3) is 0.833. The van der Waals surface area contributed by atoms with Gasteiger partial charge < -0.3 is 15.7 Å². The molecule has 5 heteroatoms. The van der Waals surface area contributed by atoms with Crippen LogP contribution in [0.2, 0.25) is 0 Å². The van der Waals surface area contributed by atoms with E-state index in [0.717, 1.165) is 6.42 Å². The molecule has 0 rings (SSSR count). The molecule has 0 radical (unpaired) electrons. The van der Waals surface area contributed by atoms with Crippen LogP contribution in [0.4, 0.5) is 4.79 Å². The molecule has 0 saturated carbocycles. The lowest BCUT2D eigenvalue weighted by atomic mass is 10.0. The van der Waals surface area contributed by atoms with E-state index in [1.54, 1.807) is 13.8 Å². The monoisotopic (exact) mass is 244 g/mol. The number of urea groups is 1. The molecule has 3 atom stereocenters. The lowest BCUT2D eigenvalue weighted by Crippen LogP contribution is -2.51. The second kappa shape index (κ2) is 7.14. The summed E-state index contributed by atoms with van der Waals surface area (Å²) in [7, 11) is 0. The summed E-state index contributed by atoms with van der Waals surface area (Å²) in [5.74, 6) is -0.786. The van der Waals surface area contributed by atoms with Crippen LogP contribution in [0.1, 0.15) is 41.0 Å². The number of hydrogen-bond acceptors (Lipinski definition) is 2. The van der Waals surface area contributed by atoms with Crippen LogP contribution in [-0.4, -0.2) is 29.2 Å². The summed E-state index contributed by atoms with van der Waals surface area (Å²) in [5, 5.41) is 14.2. The molecular weight excluding hydrogens is 220 g/mol. The van der Waals surface area contributed by atoms with Crippen LogP contribution in [0, 0.1) is 11.8 Å². The Morgan fingerprint density at radius 3 is 2.00 bits per heavy atom.